The first-order valence-corrected chi connectivity index (χ1v) is 27.1. The Morgan fingerprint density at radius 2 is 0.642 bits per heavy atom. The fourth-order valence-corrected chi connectivity index (χ4v) is 13.5. The van der Waals surface area contributed by atoms with Crippen molar-refractivity contribution in [1.82, 2.24) is 28.2 Å². The van der Waals surface area contributed by atoms with Crippen molar-refractivity contribution in [3.8, 4) is 69.0 Å². The van der Waals surface area contributed by atoms with Crippen molar-refractivity contribution in [2.75, 3.05) is 0 Å². The molecule has 0 N–H and O–H groups in total. The van der Waals surface area contributed by atoms with Crippen LogP contribution >= 0.6 is 11.3 Å². The van der Waals surface area contributed by atoms with Crippen molar-refractivity contribution in [3.63, 3.8) is 0 Å². The van der Waals surface area contributed by atoms with Gasteiger partial charge < -0.3 is 9.13 Å². The first-order valence-electron chi connectivity index (χ1n) is 26.3. The fraction of sp³-hybridized carbons (Fsp3) is 0. The van der Waals surface area contributed by atoms with Gasteiger partial charge >= 0.3 is 0 Å². The number of pyridine rings is 1. The monoisotopic (exact) mass is 1050 g/mol. The fourth-order valence-electron chi connectivity index (χ4n) is 12.5. The quantitative estimate of drug-likeness (QED) is 0.162. The van der Waals surface area contributed by atoms with E-state index in [1.54, 1.807) is 11.3 Å². The Balaban J connectivity index is 1.24. The average molecular weight is 1050 g/mol. The third-order valence-electron chi connectivity index (χ3n) is 15.9. The van der Waals surface area contributed by atoms with E-state index in [4.69, 9.17) is 9.97 Å². The Morgan fingerprint density at radius 3 is 1.05 bits per heavy atom. The zero-order valence-electron chi connectivity index (χ0n) is 42.7. The van der Waals surface area contributed by atoms with Gasteiger partial charge in [0.15, 0.2) is 11.6 Å². The largest absolute Gasteiger partial charge is 0.305 e. The Morgan fingerprint density at radius 1 is 0.309 bits per heavy atom. The molecule has 0 radical (unpaired) electrons. The molecule has 0 saturated carbocycles. The Bertz CT molecular complexity index is 5300. The van der Waals surface area contributed by atoms with Crippen molar-refractivity contribution in [2.24, 2.45) is 0 Å². The Labute approximate surface area is 465 Å². The minimum absolute atomic E-state index is 0.531. The van der Waals surface area contributed by atoms with Crippen molar-refractivity contribution in [2.45, 2.75) is 0 Å². The lowest BCUT2D eigenvalue weighted by molar-refractivity contribution is 0.961. The molecule has 0 aliphatic rings. The maximum atomic E-state index is 10.5. The summed E-state index contributed by atoms with van der Waals surface area (Å²) in [6.45, 7) is 0. The molecule has 372 valence electrons. The predicted octanol–water partition coefficient (Wildman–Crippen LogP) is 16.9. The standard InChI is InChI=1S/C70H36N10S/c71-37-41-25-29-60-51(33-41)45-13-3-8-20-56(45)77(60)66-65(49-17-1-2-18-50(49)70-75-55-19-7-12-24-64(55)81-70)67(78-57-21-9-4-14-46(57)52-34-42(38-72)26-30-61(52)78)69(80-59-23-11-6-16-48(59)54-36-44(40-74)28-32-63(54)80)76-68(66)79-58-22-10-5-15-47(58)53-35-43(39-73)27-31-62(53)79/h1-36H. The summed E-state index contributed by atoms with van der Waals surface area (Å²) < 4.78 is 10.2. The van der Waals surface area contributed by atoms with Gasteiger partial charge in [0.05, 0.1) is 101 Å². The van der Waals surface area contributed by atoms with Gasteiger partial charge in [0, 0.05) is 54.2 Å². The molecule has 6 heterocycles. The summed E-state index contributed by atoms with van der Waals surface area (Å²) in [6, 6.07) is 83.2. The molecule has 81 heavy (non-hydrogen) atoms. The molecule has 10 aromatic carbocycles. The molecule has 10 nitrogen and oxygen atoms in total. The van der Waals surface area contributed by atoms with E-state index in [0.717, 1.165) is 131 Å². The lowest BCUT2D eigenvalue weighted by Gasteiger charge is -2.27. The van der Waals surface area contributed by atoms with Crippen LogP contribution in [0.3, 0.4) is 0 Å². The molecule has 0 aliphatic heterocycles. The second kappa shape index (κ2) is 17.5. The van der Waals surface area contributed by atoms with Crippen LogP contribution in [-0.4, -0.2) is 28.2 Å². The summed E-state index contributed by atoms with van der Waals surface area (Å²) in [5, 5.41) is 50.0. The highest BCUT2D eigenvalue weighted by molar-refractivity contribution is 7.21. The van der Waals surface area contributed by atoms with Crippen molar-refractivity contribution < 1.29 is 0 Å². The third-order valence-corrected chi connectivity index (χ3v) is 17.0. The van der Waals surface area contributed by atoms with Crippen molar-refractivity contribution >= 4 is 109 Å². The number of rotatable bonds is 6. The van der Waals surface area contributed by atoms with Crippen LogP contribution in [0.25, 0.3) is 142 Å². The number of hydrogen-bond acceptors (Lipinski definition) is 7. The topological polar surface area (TPSA) is 141 Å². The van der Waals surface area contributed by atoms with Crippen molar-refractivity contribution in [1.29, 1.82) is 21.0 Å². The third kappa shape index (κ3) is 6.56. The highest BCUT2D eigenvalue weighted by Gasteiger charge is 2.34. The maximum absolute atomic E-state index is 10.5. The van der Waals surface area contributed by atoms with E-state index < -0.39 is 0 Å². The highest BCUT2D eigenvalue weighted by atomic mass is 32.1. The molecule has 16 aromatic rings. The number of para-hydroxylation sites is 5. The predicted molar refractivity (Wildman–Crippen MR) is 325 cm³/mol. The van der Waals surface area contributed by atoms with Crippen LogP contribution in [-0.2, 0) is 0 Å². The molecule has 0 unspecified atom stereocenters. The van der Waals surface area contributed by atoms with Gasteiger partial charge in [0.25, 0.3) is 0 Å². The zero-order chi connectivity index (χ0) is 54.0. The first kappa shape index (κ1) is 45.6. The summed E-state index contributed by atoms with van der Waals surface area (Å²) in [5.74, 6) is 1.16. The van der Waals surface area contributed by atoms with Crippen LogP contribution in [0.2, 0.25) is 0 Å². The molecular weight excluding hydrogens is 1010 g/mol. The van der Waals surface area contributed by atoms with Gasteiger partial charge in [0.2, 0.25) is 0 Å². The summed E-state index contributed by atoms with van der Waals surface area (Å²) in [5.41, 5.74) is 13.9. The lowest BCUT2D eigenvalue weighted by atomic mass is 9.95. The van der Waals surface area contributed by atoms with Crippen LogP contribution in [0.15, 0.2) is 218 Å². The average Bonchev–Trinajstić information content (AvgIpc) is 4.53. The van der Waals surface area contributed by atoms with Crippen LogP contribution in [0.5, 0.6) is 0 Å². The van der Waals surface area contributed by atoms with Gasteiger partial charge in [-0.3, -0.25) is 9.13 Å². The Hall–Kier alpha value is -11.6. The number of benzene rings is 10. The van der Waals surface area contributed by atoms with Gasteiger partial charge in [0.1, 0.15) is 16.4 Å². The molecule has 0 spiro atoms. The summed E-state index contributed by atoms with van der Waals surface area (Å²) >= 11 is 1.64. The molecule has 11 heteroatoms. The molecule has 0 fully saturated rings. The van der Waals surface area contributed by atoms with Gasteiger partial charge in [-0.2, -0.15) is 21.0 Å². The number of nitrogens with zero attached hydrogens (tertiary/aromatic N) is 10. The van der Waals surface area contributed by atoms with Gasteiger partial charge in [-0.15, -0.1) is 11.3 Å². The van der Waals surface area contributed by atoms with E-state index in [1.165, 1.54) is 0 Å². The van der Waals surface area contributed by atoms with Crippen LogP contribution < -0.4 is 0 Å². The summed E-state index contributed by atoms with van der Waals surface area (Å²) in [7, 11) is 0. The molecule has 0 atom stereocenters. The van der Waals surface area contributed by atoms with Crippen LogP contribution in [0.1, 0.15) is 22.3 Å². The molecule has 6 aromatic heterocycles. The number of hydrogen-bond donors (Lipinski definition) is 0. The molecule has 0 bridgehead atoms. The maximum Gasteiger partial charge on any atom is 0.165 e. The minimum atomic E-state index is 0.531. The van der Waals surface area contributed by atoms with Crippen LogP contribution in [0, 0.1) is 45.3 Å². The van der Waals surface area contributed by atoms with E-state index in [0.29, 0.717) is 33.9 Å². The molecule has 0 aliphatic carbocycles. The molecule has 0 amide bonds. The van der Waals surface area contributed by atoms with Crippen LogP contribution in [0.4, 0.5) is 0 Å². The van der Waals surface area contributed by atoms with Gasteiger partial charge in [-0.05, 0) is 115 Å². The molecule has 16 rings (SSSR count). The number of aromatic nitrogens is 6. The zero-order valence-corrected chi connectivity index (χ0v) is 43.5. The smallest absolute Gasteiger partial charge is 0.165 e. The normalized spacial score (nSPS) is 11.7. The van der Waals surface area contributed by atoms with E-state index in [1.807, 2.05) is 121 Å². The van der Waals surface area contributed by atoms with Crippen molar-refractivity contribution in [3.05, 3.63) is 241 Å². The van der Waals surface area contributed by atoms with Gasteiger partial charge in [-0.25, -0.2) is 9.97 Å². The molecule has 0 saturated heterocycles. The second-order valence-corrected chi connectivity index (χ2v) is 21.2. The summed E-state index contributed by atoms with van der Waals surface area (Å²) in [4.78, 5) is 11.7. The number of nitriles is 4. The number of fused-ring (bicyclic) bond motifs is 13. The molecular formula is C70H36N10S. The second-order valence-electron chi connectivity index (χ2n) is 20.1. The van der Waals surface area contributed by atoms with E-state index in [2.05, 4.69) is 140 Å². The SMILES string of the molecule is N#Cc1ccc2c(c1)c1ccccc1n2-c1nc(-n2c3ccccc3c3cc(C#N)ccc32)c(-n2c3ccccc3c3cc(C#N)ccc32)c(-c2ccccc2-c2nc3ccccc3s2)c1-n1c2ccccc2c2cc(C#N)ccc21. The first-order chi connectivity index (χ1) is 40.0. The lowest BCUT2D eigenvalue weighted by Crippen LogP contribution is -2.16. The van der Waals surface area contributed by atoms with E-state index >= 15 is 0 Å². The van der Waals surface area contributed by atoms with E-state index in [-0.39, 0.29) is 0 Å². The highest BCUT2D eigenvalue weighted by Crippen LogP contribution is 2.51. The van der Waals surface area contributed by atoms with E-state index in [9.17, 15) is 21.0 Å². The minimum Gasteiger partial charge on any atom is -0.305 e. The Kier molecular flexibility index (Phi) is 9.83. The number of thiazole rings is 1. The summed E-state index contributed by atoms with van der Waals surface area (Å²) in [6.07, 6.45) is 0. The van der Waals surface area contributed by atoms with Gasteiger partial charge in [-0.1, -0.05) is 109 Å².